The zero-order chi connectivity index (χ0) is 21.4. The molecule has 1 aliphatic carbocycles. The van der Waals surface area contributed by atoms with Crippen molar-refractivity contribution in [2.24, 2.45) is 5.41 Å². The monoisotopic (exact) mass is 408 g/mol. The van der Waals surface area contributed by atoms with Crippen molar-refractivity contribution in [1.82, 2.24) is 4.98 Å². The lowest BCUT2D eigenvalue weighted by atomic mass is 9.68. The minimum Gasteiger partial charge on any atom is -0.489 e. The van der Waals surface area contributed by atoms with E-state index in [1.165, 1.54) is 5.56 Å². The maximum atomic E-state index is 13.4. The summed E-state index contributed by atoms with van der Waals surface area (Å²) >= 11 is 0. The third kappa shape index (κ3) is 4.08. The van der Waals surface area contributed by atoms with E-state index in [1.807, 2.05) is 17.0 Å². The van der Waals surface area contributed by atoms with Gasteiger partial charge in [-0.1, -0.05) is 32.9 Å². The molecule has 2 fully saturated rings. The zero-order valence-electron chi connectivity index (χ0n) is 18.2. The molecule has 1 amide bonds. The summed E-state index contributed by atoms with van der Waals surface area (Å²) in [6, 6.07) is 12.0. The lowest BCUT2D eigenvalue weighted by Crippen LogP contribution is -2.46. The lowest BCUT2D eigenvalue weighted by Gasteiger charge is -2.40. The first-order chi connectivity index (χ1) is 14.2. The molecule has 0 unspecified atom stereocenters. The Morgan fingerprint density at radius 2 is 1.77 bits per heavy atom. The summed E-state index contributed by atoms with van der Waals surface area (Å²) in [6.07, 6.45) is 6.76. The Hall–Kier alpha value is -2.40. The number of benzene rings is 1. The second-order valence-electron chi connectivity index (χ2n) is 9.99. The van der Waals surface area contributed by atoms with Crippen molar-refractivity contribution < 1.29 is 14.6 Å². The van der Waals surface area contributed by atoms with Crippen molar-refractivity contribution in [3.05, 3.63) is 54.4 Å². The van der Waals surface area contributed by atoms with E-state index in [2.05, 4.69) is 50.0 Å². The van der Waals surface area contributed by atoms with Gasteiger partial charge in [-0.15, -0.1) is 0 Å². The Morgan fingerprint density at radius 1 is 1.07 bits per heavy atom. The number of carbonyl (C=O) groups is 1. The van der Waals surface area contributed by atoms with E-state index in [1.54, 1.807) is 12.4 Å². The van der Waals surface area contributed by atoms with Gasteiger partial charge in [-0.25, -0.2) is 0 Å². The summed E-state index contributed by atoms with van der Waals surface area (Å²) < 4.78 is 5.75. The van der Waals surface area contributed by atoms with Crippen LogP contribution in [0.3, 0.4) is 0 Å². The minimum absolute atomic E-state index is 0.0977. The van der Waals surface area contributed by atoms with E-state index in [-0.39, 0.29) is 23.3 Å². The number of pyridine rings is 1. The maximum Gasteiger partial charge on any atom is 0.233 e. The van der Waals surface area contributed by atoms with E-state index in [4.69, 9.17) is 4.74 Å². The lowest BCUT2D eigenvalue weighted by molar-refractivity contribution is -0.132. The Labute approximate surface area is 179 Å². The number of anilines is 1. The maximum absolute atomic E-state index is 13.4. The predicted octanol–water partition coefficient (Wildman–Crippen LogP) is 4.49. The van der Waals surface area contributed by atoms with Crippen LogP contribution in [0.2, 0.25) is 0 Å². The van der Waals surface area contributed by atoms with Gasteiger partial charge in [-0.3, -0.25) is 9.78 Å². The highest BCUT2D eigenvalue weighted by Crippen LogP contribution is 2.48. The fourth-order valence-electron chi connectivity index (χ4n) is 4.66. The quantitative estimate of drug-likeness (QED) is 0.810. The predicted molar refractivity (Wildman–Crippen MR) is 118 cm³/mol. The van der Waals surface area contributed by atoms with E-state index >= 15 is 0 Å². The molecule has 2 aromatic rings. The van der Waals surface area contributed by atoms with Crippen LogP contribution in [0.4, 0.5) is 5.69 Å². The van der Waals surface area contributed by atoms with Crippen molar-refractivity contribution in [3.8, 4) is 5.75 Å². The molecular weight excluding hydrogens is 376 g/mol. The Bertz CT molecular complexity index is 879. The minimum atomic E-state index is -0.886. The largest absolute Gasteiger partial charge is 0.489 e. The highest BCUT2D eigenvalue weighted by molar-refractivity contribution is 6.00. The molecule has 4 rings (SSSR count). The van der Waals surface area contributed by atoms with Crippen LogP contribution in [0.1, 0.15) is 58.4 Å². The molecule has 0 radical (unpaired) electrons. The van der Waals surface area contributed by atoms with Crippen molar-refractivity contribution in [3.63, 3.8) is 0 Å². The summed E-state index contributed by atoms with van der Waals surface area (Å²) in [5, 5.41) is 11.0. The number of carbonyl (C=O) groups excluding carboxylic acids is 1. The Morgan fingerprint density at radius 3 is 2.37 bits per heavy atom. The molecular formula is C25H32N2O3. The van der Waals surface area contributed by atoms with E-state index in [9.17, 15) is 9.90 Å². The summed E-state index contributed by atoms with van der Waals surface area (Å²) in [5.74, 6) is 0.870. The SMILES string of the molecule is CC(C)(C)c1ccc(N2CC[C@]3(CC[C@@](O)(COc4cccnc4)CC3)C2=O)cc1. The molecule has 1 aromatic heterocycles. The van der Waals surface area contributed by atoms with Gasteiger partial charge in [0.15, 0.2) is 0 Å². The molecule has 5 nitrogen and oxygen atoms in total. The summed E-state index contributed by atoms with van der Waals surface area (Å²) in [7, 11) is 0. The Balaban J connectivity index is 1.39. The van der Waals surface area contributed by atoms with Crippen LogP contribution in [0, 0.1) is 5.41 Å². The van der Waals surface area contributed by atoms with Crippen molar-refractivity contribution in [1.29, 1.82) is 0 Å². The molecule has 1 N–H and O–H groups in total. The first kappa shape index (κ1) is 20.9. The molecule has 1 saturated heterocycles. The second kappa shape index (κ2) is 7.69. The van der Waals surface area contributed by atoms with Crippen LogP contribution >= 0.6 is 0 Å². The Kier molecular flexibility index (Phi) is 5.35. The molecule has 1 saturated carbocycles. The van der Waals surface area contributed by atoms with Crippen LogP contribution in [0.15, 0.2) is 48.8 Å². The number of ether oxygens (including phenoxy) is 1. The first-order valence-corrected chi connectivity index (χ1v) is 10.9. The summed E-state index contributed by atoms with van der Waals surface area (Å²) in [6.45, 7) is 7.57. The van der Waals surface area contributed by atoms with Crippen LogP contribution in [0.5, 0.6) is 5.75 Å². The van der Waals surface area contributed by atoms with Gasteiger partial charge >= 0.3 is 0 Å². The first-order valence-electron chi connectivity index (χ1n) is 10.9. The van der Waals surface area contributed by atoms with Gasteiger partial charge in [0, 0.05) is 18.4 Å². The molecule has 5 heteroatoms. The smallest absolute Gasteiger partial charge is 0.233 e. The zero-order valence-corrected chi connectivity index (χ0v) is 18.2. The fraction of sp³-hybridized carbons (Fsp3) is 0.520. The van der Waals surface area contributed by atoms with Gasteiger partial charge in [0.25, 0.3) is 0 Å². The van der Waals surface area contributed by atoms with Crippen molar-refractivity contribution in [2.45, 2.75) is 63.9 Å². The van der Waals surface area contributed by atoms with Crippen LogP contribution in [-0.4, -0.2) is 34.8 Å². The van der Waals surface area contributed by atoms with Gasteiger partial charge < -0.3 is 14.7 Å². The molecule has 30 heavy (non-hydrogen) atoms. The number of rotatable bonds is 4. The van der Waals surface area contributed by atoms with E-state index in [0.29, 0.717) is 31.4 Å². The number of hydrogen-bond donors (Lipinski definition) is 1. The number of amides is 1. The van der Waals surface area contributed by atoms with Gasteiger partial charge in [0.05, 0.1) is 17.2 Å². The van der Waals surface area contributed by atoms with Gasteiger partial charge in [0.1, 0.15) is 12.4 Å². The molecule has 1 spiro atoms. The molecule has 0 bridgehead atoms. The molecule has 2 heterocycles. The third-order valence-electron chi connectivity index (χ3n) is 6.84. The average Bonchev–Trinajstić information content (AvgIpc) is 3.06. The average molecular weight is 409 g/mol. The van der Waals surface area contributed by atoms with Gasteiger partial charge in [0.2, 0.25) is 5.91 Å². The fourth-order valence-corrected chi connectivity index (χ4v) is 4.66. The third-order valence-corrected chi connectivity index (χ3v) is 6.84. The van der Waals surface area contributed by atoms with Crippen LogP contribution in [0.25, 0.3) is 0 Å². The van der Waals surface area contributed by atoms with Gasteiger partial charge in [-0.2, -0.15) is 0 Å². The van der Waals surface area contributed by atoms with Crippen molar-refractivity contribution in [2.75, 3.05) is 18.1 Å². The number of nitrogens with zero attached hydrogens (tertiary/aromatic N) is 2. The molecule has 1 aliphatic heterocycles. The van der Waals surface area contributed by atoms with Crippen LogP contribution < -0.4 is 9.64 Å². The molecule has 2 aliphatic rings. The van der Waals surface area contributed by atoms with E-state index < -0.39 is 5.60 Å². The molecule has 160 valence electrons. The van der Waals surface area contributed by atoms with Crippen LogP contribution in [-0.2, 0) is 10.2 Å². The normalized spacial score (nSPS) is 26.9. The topological polar surface area (TPSA) is 62.7 Å². The van der Waals surface area contributed by atoms with E-state index in [0.717, 1.165) is 18.7 Å². The highest BCUT2D eigenvalue weighted by atomic mass is 16.5. The summed E-state index contributed by atoms with van der Waals surface area (Å²) in [5.41, 5.74) is 1.11. The second-order valence-corrected chi connectivity index (χ2v) is 9.99. The molecule has 1 aromatic carbocycles. The number of aliphatic hydroxyl groups is 1. The highest BCUT2D eigenvalue weighted by Gasteiger charge is 2.51. The standard InChI is InChI=1S/C25H32N2O3/c1-23(2,3)19-6-8-20(9-7-19)27-16-14-24(22(27)28)10-12-25(29,13-11-24)18-30-21-5-4-15-26-17-21/h4-9,15,17,29H,10-14,16,18H2,1-3H3/t24-,25+. The number of hydrogen-bond acceptors (Lipinski definition) is 4. The van der Waals surface area contributed by atoms with Gasteiger partial charge in [-0.05, 0) is 67.3 Å². The number of aromatic nitrogens is 1. The van der Waals surface area contributed by atoms with Crippen molar-refractivity contribution >= 4 is 11.6 Å². The summed E-state index contributed by atoms with van der Waals surface area (Å²) in [4.78, 5) is 19.3. The molecule has 0 atom stereocenters.